The van der Waals surface area contributed by atoms with Gasteiger partial charge in [0, 0.05) is 17.8 Å². The lowest BCUT2D eigenvalue weighted by Gasteiger charge is -2.10. The maximum atomic E-state index is 13.3. The van der Waals surface area contributed by atoms with E-state index in [1.807, 2.05) is 6.07 Å². The Labute approximate surface area is 184 Å². The zero-order valence-electron chi connectivity index (χ0n) is 17.1. The molecule has 0 saturated heterocycles. The molecule has 3 aromatic carbocycles. The van der Waals surface area contributed by atoms with E-state index in [2.05, 4.69) is 16.0 Å². The lowest BCUT2D eigenvalue weighted by atomic mass is 10.1. The van der Waals surface area contributed by atoms with Gasteiger partial charge in [-0.3, -0.25) is 14.4 Å². The van der Waals surface area contributed by atoms with Crippen LogP contribution in [0.1, 0.15) is 15.9 Å². The summed E-state index contributed by atoms with van der Waals surface area (Å²) in [7, 11) is 0. The Kier molecular flexibility index (Phi) is 7.91. The van der Waals surface area contributed by atoms with Crippen molar-refractivity contribution in [2.24, 2.45) is 0 Å². The van der Waals surface area contributed by atoms with Crippen LogP contribution in [-0.2, 0) is 16.1 Å². The van der Waals surface area contributed by atoms with Crippen molar-refractivity contribution in [3.63, 3.8) is 0 Å². The molecule has 0 aliphatic rings. The Hall–Kier alpha value is -4.20. The van der Waals surface area contributed by atoms with Gasteiger partial charge in [0.05, 0.1) is 6.54 Å². The molecule has 0 saturated carbocycles. The molecule has 164 valence electrons. The Morgan fingerprint density at radius 2 is 1.59 bits per heavy atom. The quantitative estimate of drug-likeness (QED) is 0.482. The van der Waals surface area contributed by atoms with Gasteiger partial charge < -0.3 is 20.7 Å². The second-order valence-electron chi connectivity index (χ2n) is 6.82. The number of rotatable bonds is 9. The molecule has 3 rings (SSSR count). The smallest absolute Gasteiger partial charge is 0.258 e. The molecule has 0 unspecified atom stereocenters. The number of benzene rings is 3. The van der Waals surface area contributed by atoms with Gasteiger partial charge in [-0.1, -0.05) is 36.4 Å². The highest BCUT2D eigenvalue weighted by Gasteiger charge is 2.09. The van der Waals surface area contributed by atoms with Crippen molar-refractivity contribution in [1.29, 1.82) is 0 Å². The lowest BCUT2D eigenvalue weighted by Crippen LogP contribution is -2.38. The molecule has 8 heteroatoms. The van der Waals surface area contributed by atoms with Gasteiger partial charge in [0.2, 0.25) is 5.91 Å². The highest BCUT2D eigenvalue weighted by molar-refractivity contribution is 6.04. The number of carbonyl (C=O) groups is 3. The predicted octanol–water partition coefficient (Wildman–Crippen LogP) is 2.89. The number of ether oxygens (including phenoxy) is 1. The van der Waals surface area contributed by atoms with E-state index in [1.165, 1.54) is 18.2 Å². The lowest BCUT2D eigenvalue weighted by molar-refractivity contribution is -0.127. The largest absolute Gasteiger partial charge is 0.484 e. The highest BCUT2D eigenvalue weighted by atomic mass is 19.1. The first-order valence-corrected chi connectivity index (χ1v) is 9.87. The van der Waals surface area contributed by atoms with Crippen LogP contribution in [0.3, 0.4) is 0 Å². The first-order valence-electron chi connectivity index (χ1n) is 9.87. The maximum absolute atomic E-state index is 13.3. The van der Waals surface area contributed by atoms with E-state index in [1.54, 1.807) is 48.5 Å². The molecule has 0 aliphatic heterocycles. The minimum absolute atomic E-state index is 0.188. The number of halogens is 1. The van der Waals surface area contributed by atoms with Crippen molar-refractivity contribution in [2.45, 2.75) is 6.54 Å². The van der Waals surface area contributed by atoms with Gasteiger partial charge in [-0.25, -0.2) is 4.39 Å². The van der Waals surface area contributed by atoms with Gasteiger partial charge in [-0.15, -0.1) is 0 Å². The second kappa shape index (κ2) is 11.3. The van der Waals surface area contributed by atoms with Crippen molar-refractivity contribution in [1.82, 2.24) is 10.6 Å². The van der Waals surface area contributed by atoms with Crippen molar-refractivity contribution in [2.75, 3.05) is 18.5 Å². The van der Waals surface area contributed by atoms with Gasteiger partial charge >= 0.3 is 0 Å². The number of para-hydroxylation sites is 1. The summed E-state index contributed by atoms with van der Waals surface area (Å²) >= 11 is 0. The summed E-state index contributed by atoms with van der Waals surface area (Å²) in [5.74, 6) is -1.14. The van der Waals surface area contributed by atoms with Crippen molar-refractivity contribution in [3.05, 3.63) is 95.8 Å². The van der Waals surface area contributed by atoms with Gasteiger partial charge in [-0.2, -0.15) is 0 Å². The second-order valence-corrected chi connectivity index (χ2v) is 6.82. The van der Waals surface area contributed by atoms with E-state index in [0.29, 0.717) is 11.4 Å². The molecule has 0 aliphatic carbocycles. The molecular formula is C24H22FN3O4. The van der Waals surface area contributed by atoms with Crippen LogP contribution in [0, 0.1) is 5.82 Å². The Morgan fingerprint density at radius 1 is 0.812 bits per heavy atom. The summed E-state index contributed by atoms with van der Waals surface area (Å²) in [6.45, 7) is -0.170. The summed E-state index contributed by atoms with van der Waals surface area (Å²) in [6, 6.07) is 21.2. The number of amides is 3. The molecule has 0 heterocycles. The summed E-state index contributed by atoms with van der Waals surface area (Å²) in [4.78, 5) is 36.0. The normalized spacial score (nSPS) is 10.2. The third-order valence-electron chi connectivity index (χ3n) is 4.32. The molecule has 0 atom stereocenters. The first-order chi connectivity index (χ1) is 15.5. The Bertz CT molecular complexity index is 1090. The summed E-state index contributed by atoms with van der Waals surface area (Å²) < 4.78 is 18.6. The van der Waals surface area contributed by atoms with Crippen molar-refractivity contribution < 1.29 is 23.5 Å². The maximum Gasteiger partial charge on any atom is 0.258 e. The molecule has 0 radical (unpaired) electrons. The Morgan fingerprint density at radius 3 is 2.38 bits per heavy atom. The average molecular weight is 435 g/mol. The highest BCUT2D eigenvalue weighted by Crippen LogP contribution is 2.13. The van der Waals surface area contributed by atoms with E-state index >= 15 is 0 Å². The molecular weight excluding hydrogens is 413 g/mol. The van der Waals surface area contributed by atoms with Crippen LogP contribution >= 0.6 is 0 Å². The molecule has 3 aromatic rings. The topological polar surface area (TPSA) is 96.5 Å². The van der Waals surface area contributed by atoms with E-state index in [-0.39, 0.29) is 31.2 Å². The van der Waals surface area contributed by atoms with Crippen molar-refractivity contribution >= 4 is 23.4 Å². The molecule has 0 fully saturated rings. The van der Waals surface area contributed by atoms with Crippen LogP contribution in [0.2, 0.25) is 0 Å². The summed E-state index contributed by atoms with van der Waals surface area (Å²) in [6.07, 6.45) is 0. The zero-order chi connectivity index (χ0) is 22.8. The van der Waals surface area contributed by atoms with Crippen molar-refractivity contribution in [3.8, 4) is 5.75 Å². The van der Waals surface area contributed by atoms with Crippen LogP contribution in [0.4, 0.5) is 10.1 Å². The molecule has 3 N–H and O–H groups in total. The minimum atomic E-state index is -0.493. The fourth-order valence-electron chi connectivity index (χ4n) is 2.75. The SMILES string of the molecule is O=C(CNC(=O)COc1ccccc1)NCc1cccc(NC(=O)c2cccc(F)c2)c1. The predicted molar refractivity (Wildman–Crippen MR) is 118 cm³/mol. The van der Waals surface area contributed by atoms with E-state index in [4.69, 9.17) is 4.74 Å². The number of anilines is 1. The van der Waals surface area contributed by atoms with Gasteiger partial charge in [0.1, 0.15) is 11.6 Å². The fourth-order valence-corrected chi connectivity index (χ4v) is 2.75. The Balaban J connectivity index is 1.41. The van der Waals surface area contributed by atoms with Crippen LogP contribution in [0.5, 0.6) is 5.75 Å². The first kappa shape index (κ1) is 22.5. The number of nitrogens with one attached hydrogen (secondary N) is 3. The number of hydrogen-bond acceptors (Lipinski definition) is 4. The number of carbonyl (C=O) groups excluding carboxylic acids is 3. The van der Waals surface area contributed by atoms with Gasteiger partial charge in [0.25, 0.3) is 11.8 Å². The monoisotopic (exact) mass is 435 g/mol. The third-order valence-corrected chi connectivity index (χ3v) is 4.32. The van der Waals surface area contributed by atoms with Crippen LogP contribution in [0.25, 0.3) is 0 Å². The van der Waals surface area contributed by atoms with E-state index < -0.39 is 17.6 Å². The van der Waals surface area contributed by atoms with Crippen LogP contribution in [-0.4, -0.2) is 30.9 Å². The fraction of sp³-hybridized carbons (Fsp3) is 0.125. The van der Waals surface area contributed by atoms with Crippen LogP contribution < -0.4 is 20.7 Å². The van der Waals surface area contributed by atoms with E-state index in [9.17, 15) is 18.8 Å². The molecule has 7 nitrogen and oxygen atoms in total. The van der Waals surface area contributed by atoms with Gasteiger partial charge in [0.15, 0.2) is 6.61 Å². The minimum Gasteiger partial charge on any atom is -0.484 e. The zero-order valence-corrected chi connectivity index (χ0v) is 17.1. The van der Waals surface area contributed by atoms with Crippen LogP contribution in [0.15, 0.2) is 78.9 Å². The van der Waals surface area contributed by atoms with E-state index in [0.717, 1.165) is 11.6 Å². The molecule has 0 spiro atoms. The summed E-state index contributed by atoms with van der Waals surface area (Å²) in [5, 5.41) is 7.87. The summed E-state index contributed by atoms with van der Waals surface area (Å²) in [5.41, 5.74) is 1.46. The third kappa shape index (κ3) is 7.24. The molecule has 3 amide bonds. The molecule has 32 heavy (non-hydrogen) atoms. The molecule has 0 aromatic heterocycles. The van der Waals surface area contributed by atoms with Gasteiger partial charge in [-0.05, 0) is 48.0 Å². The molecule has 0 bridgehead atoms. The standard InChI is InChI=1S/C24H22FN3O4/c25-19-8-5-7-18(13-19)24(31)28-20-9-4-6-17(12-20)14-26-22(29)15-27-23(30)16-32-21-10-2-1-3-11-21/h1-13H,14-16H2,(H,26,29)(H,27,30)(H,28,31). The number of hydrogen-bond donors (Lipinski definition) is 3. The average Bonchev–Trinajstić information content (AvgIpc) is 2.81.